The van der Waals surface area contributed by atoms with Crippen LogP contribution >= 0.6 is 11.3 Å². The molecule has 0 saturated heterocycles. The van der Waals surface area contributed by atoms with Crippen LogP contribution in [0.4, 0.5) is 0 Å². The highest BCUT2D eigenvalue weighted by Gasteiger charge is 2.05. The van der Waals surface area contributed by atoms with Gasteiger partial charge in [-0.3, -0.25) is 0 Å². The minimum absolute atomic E-state index is 0.631. The standard InChI is InChI=1S/C17H20OS/c1-5-6-7-14(4)18-10-15-8-12(2)17-16(9-15)13(3)11-19-17/h5-9,11H,10H2,1-4H3/b6-5+,14-7+. The predicted octanol–water partition coefficient (Wildman–Crippen LogP) is 5.51. The van der Waals surface area contributed by atoms with E-state index in [4.69, 9.17) is 4.74 Å². The van der Waals surface area contributed by atoms with Crippen molar-refractivity contribution in [3.63, 3.8) is 0 Å². The van der Waals surface area contributed by atoms with Crippen molar-refractivity contribution in [2.75, 3.05) is 0 Å². The van der Waals surface area contributed by atoms with Gasteiger partial charge in [-0.15, -0.1) is 11.3 Å². The van der Waals surface area contributed by atoms with Crippen LogP contribution in [0.5, 0.6) is 0 Å². The van der Waals surface area contributed by atoms with Crippen molar-refractivity contribution < 1.29 is 4.74 Å². The van der Waals surface area contributed by atoms with Crippen molar-refractivity contribution in [2.45, 2.75) is 34.3 Å². The topological polar surface area (TPSA) is 9.23 Å². The van der Waals surface area contributed by atoms with Gasteiger partial charge in [0.1, 0.15) is 6.61 Å². The van der Waals surface area contributed by atoms with Crippen LogP contribution in [0, 0.1) is 13.8 Å². The van der Waals surface area contributed by atoms with E-state index in [0.29, 0.717) is 6.61 Å². The van der Waals surface area contributed by atoms with Gasteiger partial charge in [0.2, 0.25) is 0 Å². The molecule has 100 valence electrons. The molecule has 0 bridgehead atoms. The lowest BCUT2D eigenvalue weighted by molar-refractivity contribution is 0.201. The van der Waals surface area contributed by atoms with Crippen LogP contribution in [0.1, 0.15) is 30.5 Å². The SMILES string of the molecule is C/C=C/C=C(\C)OCc1cc(C)c2scc(C)c2c1. The Morgan fingerprint density at radius 3 is 2.79 bits per heavy atom. The van der Waals surface area contributed by atoms with Crippen LogP contribution in [-0.4, -0.2) is 0 Å². The van der Waals surface area contributed by atoms with E-state index in [0.717, 1.165) is 5.76 Å². The lowest BCUT2D eigenvalue weighted by Crippen LogP contribution is -1.92. The van der Waals surface area contributed by atoms with E-state index in [9.17, 15) is 0 Å². The molecule has 1 nitrogen and oxygen atoms in total. The van der Waals surface area contributed by atoms with Gasteiger partial charge in [0.25, 0.3) is 0 Å². The molecule has 0 aliphatic carbocycles. The average Bonchev–Trinajstić information content (AvgIpc) is 2.76. The number of hydrogen-bond acceptors (Lipinski definition) is 2. The number of thiophene rings is 1. The molecule has 0 saturated carbocycles. The third-order valence-corrected chi connectivity index (χ3v) is 4.35. The van der Waals surface area contributed by atoms with Gasteiger partial charge in [-0.05, 0) is 67.3 Å². The Labute approximate surface area is 119 Å². The normalized spacial score (nSPS) is 12.5. The Bertz CT molecular complexity index is 632. The molecule has 1 aromatic heterocycles. The van der Waals surface area contributed by atoms with Gasteiger partial charge in [0.05, 0.1) is 5.76 Å². The fourth-order valence-corrected chi connectivity index (χ4v) is 3.08. The third kappa shape index (κ3) is 3.27. The Morgan fingerprint density at radius 2 is 2.05 bits per heavy atom. The van der Waals surface area contributed by atoms with Crippen LogP contribution in [-0.2, 0) is 11.3 Å². The quantitative estimate of drug-likeness (QED) is 0.526. The Kier molecular flexibility index (Phi) is 4.43. The van der Waals surface area contributed by atoms with Crippen LogP contribution in [0.25, 0.3) is 10.1 Å². The molecular formula is C17H20OS. The summed E-state index contributed by atoms with van der Waals surface area (Å²) < 4.78 is 7.15. The fraction of sp³-hybridized carbons (Fsp3) is 0.294. The number of hydrogen-bond donors (Lipinski definition) is 0. The largest absolute Gasteiger partial charge is 0.494 e. The van der Waals surface area contributed by atoms with Crippen molar-refractivity contribution in [2.24, 2.45) is 0 Å². The molecule has 2 heteroatoms. The van der Waals surface area contributed by atoms with E-state index < -0.39 is 0 Å². The number of allylic oxidation sites excluding steroid dienone is 4. The zero-order valence-electron chi connectivity index (χ0n) is 12.0. The third-order valence-electron chi connectivity index (χ3n) is 3.10. The zero-order valence-corrected chi connectivity index (χ0v) is 12.8. The van der Waals surface area contributed by atoms with E-state index >= 15 is 0 Å². The van der Waals surface area contributed by atoms with Crippen LogP contribution in [0.3, 0.4) is 0 Å². The number of ether oxygens (including phenoxy) is 1. The summed E-state index contributed by atoms with van der Waals surface area (Å²) in [5, 5.41) is 3.58. The Hall–Kier alpha value is -1.54. The first kappa shape index (κ1) is 13.9. The molecule has 1 heterocycles. The molecule has 0 amide bonds. The van der Waals surface area contributed by atoms with Gasteiger partial charge < -0.3 is 4.74 Å². The first-order valence-electron chi connectivity index (χ1n) is 6.51. The smallest absolute Gasteiger partial charge is 0.113 e. The second-order valence-electron chi connectivity index (χ2n) is 4.80. The molecule has 0 atom stereocenters. The first-order chi connectivity index (χ1) is 9.11. The Balaban J connectivity index is 2.19. The lowest BCUT2D eigenvalue weighted by Gasteiger charge is -2.08. The predicted molar refractivity (Wildman–Crippen MR) is 84.7 cm³/mol. The average molecular weight is 272 g/mol. The molecule has 0 fully saturated rings. The van der Waals surface area contributed by atoms with Crippen molar-refractivity contribution in [1.82, 2.24) is 0 Å². The van der Waals surface area contributed by atoms with Crippen molar-refractivity contribution in [3.8, 4) is 0 Å². The zero-order chi connectivity index (χ0) is 13.8. The highest BCUT2D eigenvalue weighted by molar-refractivity contribution is 7.17. The Morgan fingerprint density at radius 1 is 1.26 bits per heavy atom. The maximum atomic E-state index is 5.76. The minimum atomic E-state index is 0.631. The maximum Gasteiger partial charge on any atom is 0.113 e. The van der Waals surface area contributed by atoms with Gasteiger partial charge in [-0.2, -0.15) is 0 Å². The molecule has 0 aliphatic heterocycles. The fourth-order valence-electron chi connectivity index (χ4n) is 2.07. The summed E-state index contributed by atoms with van der Waals surface area (Å²) in [5.74, 6) is 0.942. The molecule has 2 aromatic rings. The maximum absolute atomic E-state index is 5.76. The minimum Gasteiger partial charge on any atom is -0.494 e. The highest BCUT2D eigenvalue weighted by Crippen LogP contribution is 2.30. The van der Waals surface area contributed by atoms with Crippen LogP contribution in [0.15, 0.2) is 41.5 Å². The van der Waals surface area contributed by atoms with Crippen LogP contribution < -0.4 is 0 Å². The van der Waals surface area contributed by atoms with E-state index in [1.54, 1.807) is 0 Å². The number of rotatable bonds is 4. The second kappa shape index (κ2) is 6.07. The van der Waals surface area contributed by atoms with Crippen molar-refractivity contribution in [3.05, 3.63) is 58.2 Å². The summed E-state index contributed by atoms with van der Waals surface area (Å²) in [5.41, 5.74) is 3.93. The number of aryl methyl sites for hydroxylation is 2. The van der Waals surface area contributed by atoms with E-state index in [1.165, 1.54) is 26.8 Å². The van der Waals surface area contributed by atoms with E-state index in [1.807, 2.05) is 43.4 Å². The molecule has 0 unspecified atom stereocenters. The van der Waals surface area contributed by atoms with Crippen molar-refractivity contribution >= 4 is 21.4 Å². The summed E-state index contributed by atoms with van der Waals surface area (Å²) in [6.45, 7) is 8.96. The molecule has 2 rings (SSSR count). The van der Waals surface area contributed by atoms with Crippen molar-refractivity contribution in [1.29, 1.82) is 0 Å². The van der Waals surface area contributed by atoms with Gasteiger partial charge >= 0.3 is 0 Å². The van der Waals surface area contributed by atoms with E-state index in [-0.39, 0.29) is 0 Å². The summed E-state index contributed by atoms with van der Waals surface area (Å²) in [7, 11) is 0. The monoisotopic (exact) mass is 272 g/mol. The van der Waals surface area contributed by atoms with E-state index in [2.05, 4.69) is 31.4 Å². The lowest BCUT2D eigenvalue weighted by atomic mass is 10.1. The molecule has 1 aromatic carbocycles. The summed E-state index contributed by atoms with van der Waals surface area (Å²) >= 11 is 1.82. The molecule has 19 heavy (non-hydrogen) atoms. The number of fused-ring (bicyclic) bond motifs is 1. The second-order valence-corrected chi connectivity index (χ2v) is 5.68. The molecule has 0 radical (unpaired) electrons. The van der Waals surface area contributed by atoms with Gasteiger partial charge in [0.15, 0.2) is 0 Å². The molecule has 0 aliphatic rings. The first-order valence-corrected chi connectivity index (χ1v) is 7.39. The highest BCUT2D eigenvalue weighted by atomic mass is 32.1. The molecule has 0 N–H and O–H groups in total. The van der Waals surface area contributed by atoms with Gasteiger partial charge in [-0.25, -0.2) is 0 Å². The molecule has 0 spiro atoms. The van der Waals surface area contributed by atoms with Gasteiger partial charge in [0, 0.05) is 4.70 Å². The van der Waals surface area contributed by atoms with Crippen LogP contribution in [0.2, 0.25) is 0 Å². The summed E-state index contributed by atoms with van der Waals surface area (Å²) in [6.07, 6.45) is 5.98. The molecular weight excluding hydrogens is 252 g/mol. The van der Waals surface area contributed by atoms with Gasteiger partial charge in [-0.1, -0.05) is 18.2 Å². The summed E-state index contributed by atoms with van der Waals surface area (Å²) in [6, 6.07) is 4.47. The number of benzene rings is 1. The summed E-state index contributed by atoms with van der Waals surface area (Å²) in [4.78, 5) is 0.